The molecule has 2 rings (SSSR count). The second kappa shape index (κ2) is 6.90. The lowest BCUT2D eigenvalue weighted by Crippen LogP contribution is -2.29. The third-order valence-corrected chi connectivity index (χ3v) is 4.77. The lowest BCUT2D eigenvalue weighted by molar-refractivity contribution is -0.117. The molecule has 0 aromatic carbocycles. The Hall–Kier alpha value is -1.34. The van der Waals surface area contributed by atoms with Crippen LogP contribution in [0, 0.1) is 0 Å². The molecule has 104 valence electrons. The fourth-order valence-electron chi connectivity index (χ4n) is 1.78. The van der Waals surface area contributed by atoms with Gasteiger partial charge in [-0.2, -0.15) is 11.8 Å². The highest BCUT2D eigenvalue weighted by atomic mass is 32.2. The van der Waals surface area contributed by atoms with E-state index in [1.165, 1.54) is 11.3 Å². The largest absolute Gasteiger partial charge is 0.306 e. The summed E-state index contributed by atoms with van der Waals surface area (Å²) in [6, 6.07) is 3.86. The first-order valence-electron chi connectivity index (χ1n) is 6.26. The number of hydrogen-bond donors (Lipinski definition) is 0. The quantitative estimate of drug-likeness (QED) is 0.778. The number of anilines is 1. The zero-order valence-corrected chi connectivity index (χ0v) is 13.4. The number of thiazole rings is 1. The van der Waals surface area contributed by atoms with Crippen LogP contribution in [0.5, 0.6) is 0 Å². The Balaban J connectivity index is 2.21. The Morgan fingerprint density at radius 2 is 2.35 bits per heavy atom. The Morgan fingerprint density at radius 1 is 1.55 bits per heavy atom. The van der Waals surface area contributed by atoms with Crippen LogP contribution in [-0.2, 0) is 4.79 Å². The molecule has 7 heteroatoms. The number of hydrogen-bond acceptors (Lipinski definition) is 5. The summed E-state index contributed by atoms with van der Waals surface area (Å²) >= 11 is 3.21. The number of aromatic nitrogens is 2. The summed E-state index contributed by atoms with van der Waals surface area (Å²) < 4.78 is 0. The van der Waals surface area contributed by atoms with Gasteiger partial charge in [-0.25, -0.2) is 4.98 Å². The summed E-state index contributed by atoms with van der Waals surface area (Å²) in [5.74, 6) is 0.972. The van der Waals surface area contributed by atoms with Crippen LogP contribution < -0.4 is 10.5 Å². The summed E-state index contributed by atoms with van der Waals surface area (Å²) in [7, 11) is 3.75. The minimum absolute atomic E-state index is 0.129. The first kappa shape index (κ1) is 15.1. The first-order valence-corrected chi connectivity index (χ1v) is 8.48. The molecule has 2 aromatic rings. The van der Waals surface area contributed by atoms with Crippen molar-refractivity contribution in [2.24, 2.45) is 0 Å². The topological polar surface area (TPSA) is 46.1 Å². The van der Waals surface area contributed by atoms with Crippen molar-refractivity contribution in [1.82, 2.24) is 9.97 Å². The van der Waals surface area contributed by atoms with E-state index < -0.39 is 0 Å². The third-order valence-electron chi connectivity index (χ3n) is 2.88. The maximum Gasteiger partial charge on any atom is 0.228 e. The van der Waals surface area contributed by atoms with Crippen LogP contribution in [0.4, 0.5) is 5.00 Å². The van der Waals surface area contributed by atoms with Crippen LogP contribution in [0.2, 0.25) is 0 Å². The zero-order chi connectivity index (χ0) is 14.5. The molecule has 0 atom stereocenters. The Morgan fingerprint density at radius 3 is 3.00 bits per heavy atom. The van der Waals surface area contributed by atoms with Crippen molar-refractivity contribution in [3.05, 3.63) is 24.5 Å². The molecule has 0 radical (unpaired) electrons. The number of amides is 1. The molecule has 0 spiro atoms. The van der Waals surface area contributed by atoms with E-state index >= 15 is 0 Å². The van der Waals surface area contributed by atoms with E-state index in [2.05, 4.69) is 9.97 Å². The summed E-state index contributed by atoms with van der Waals surface area (Å²) in [5, 5.41) is 1.81. The van der Waals surface area contributed by atoms with Gasteiger partial charge in [0.25, 0.3) is 0 Å². The molecule has 4 nitrogen and oxygen atoms in total. The van der Waals surface area contributed by atoms with E-state index in [1.807, 2.05) is 33.3 Å². The van der Waals surface area contributed by atoms with Gasteiger partial charge in [-0.1, -0.05) is 11.3 Å². The average Bonchev–Trinajstić information content (AvgIpc) is 2.87. The fraction of sp³-hybridized carbons (Fsp3) is 0.308. The van der Waals surface area contributed by atoms with Crippen LogP contribution in [-0.4, -0.2) is 42.8 Å². The molecule has 0 saturated heterocycles. The highest BCUT2D eigenvalue weighted by Gasteiger charge is 2.17. The van der Waals surface area contributed by atoms with Gasteiger partial charge in [0.1, 0.15) is 10.0 Å². The molecule has 0 N–H and O–H groups in total. The van der Waals surface area contributed by atoms with Crippen molar-refractivity contribution in [2.45, 2.75) is 6.42 Å². The molecule has 20 heavy (non-hydrogen) atoms. The molecule has 0 unspecified atom stereocenters. The number of rotatable bonds is 5. The van der Waals surface area contributed by atoms with Gasteiger partial charge in [0.15, 0.2) is 7.85 Å². The molecule has 0 aliphatic heterocycles. The number of carbonyl (C=O) groups excluding carboxylic acids is 1. The van der Waals surface area contributed by atoms with Crippen molar-refractivity contribution in [3.63, 3.8) is 0 Å². The monoisotopic (exact) mass is 305 g/mol. The second-order valence-electron chi connectivity index (χ2n) is 4.35. The van der Waals surface area contributed by atoms with E-state index in [-0.39, 0.29) is 5.91 Å². The van der Waals surface area contributed by atoms with Gasteiger partial charge >= 0.3 is 0 Å². The average molecular weight is 305 g/mol. The normalized spacial score (nSPS) is 10.5. The summed E-state index contributed by atoms with van der Waals surface area (Å²) in [4.78, 5) is 22.4. The van der Waals surface area contributed by atoms with E-state index in [9.17, 15) is 4.79 Å². The molecule has 0 aliphatic carbocycles. The lowest BCUT2D eigenvalue weighted by Gasteiger charge is -2.15. The number of carbonyl (C=O) groups is 1. The van der Waals surface area contributed by atoms with Gasteiger partial charge in [0.05, 0.1) is 0 Å². The molecule has 0 fully saturated rings. The van der Waals surface area contributed by atoms with Crippen LogP contribution in [0.3, 0.4) is 0 Å². The first-order chi connectivity index (χ1) is 9.63. The Kier molecular flexibility index (Phi) is 5.20. The van der Waals surface area contributed by atoms with E-state index in [0.29, 0.717) is 6.42 Å². The van der Waals surface area contributed by atoms with Crippen LogP contribution in [0.25, 0.3) is 10.6 Å². The Labute approximate surface area is 128 Å². The maximum absolute atomic E-state index is 12.1. The van der Waals surface area contributed by atoms with Crippen molar-refractivity contribution in [1.29, 1.82) is 0 Å². The van der Waals surface area contributed by atoms with Gasteiger partial charge in [-0.15, -0.1) is 0 Å². The predicted octanol–water partition coefficient (Wildman–Crippen LogP) is 1.18. The van der Waals surface area contributed by atoms with Gasteiger partial charge in [0.2, 0.25) is 5.91 Å². The number of thioether (sulfide) groups is 1. The minimum Gasteiger partial charge on any atom is -0.306 e. The smallest absolute Gasteiger partial charge is 0.228 e. The van der Waals surface area contributed by atoms with Crippen molar-refractivity contribution < 1.29 is 4.79 Å². The van der Waals surface area contributed by atoms with Crippen molar-refractivity contribution >= 4 is 47.4 Å². The van der Waals surface area contributed by atoms with Crippen molar-refractivity contribution in [2.75, 3.05) is 24.0 Å². The molecule has 0 saturated carbocycles. The molecule has 1 amide bonds. The molecular weight excluding hydrogens is 289 g/mol. The third kappa shape index (κ3) is 3.40. The van der Waals surface area contributed by atoms with Crippen LogP contribution in [0.15, 0.2) is 24.5 Å². The fourth-order valence-corrected chi connectivity index (χ4v) is 3.20. The van der Waals surface area contributed by atoms with Crippen LogP contribution >= 0.6 is 23.1 Å². The van der Waals surface area contributed by atoms with Gasteiger partial charge in [0, 0.05) is 42.8 Å². The Bertz CT molecular complexity index is 589. The maximum atomic E-state index is 12.1. The predicted molar refractivity (Wildman–Crippen MR) is 89.9 cm³/mol. The number of nitrogens with zero attached hydrogens (tertiary/aromatic N) is 3. The standard InChI is InChI=1S/C13H16BN3OS2/c1-17(10(18)5-7-19-2)13-11(14)16-12(20-13)9-4-3-6-15-8-9/h3-4,6,8H,5,7,14H2,1-2H3. The molecule has 2 heterocycles. The molecule has 0 bridgehead atoms. The molecule has 2 aromatic heterocycles. The SMILES string of the molecule is Bc1nc(-c2cccnc2)sc1N(C)C(=O)CCSC. The number of pyridine rings is 1. The summed E-state index contributed by atoms with van der Waals surface area (Å²) in [6.07, 6.45) is 6.09. The van der Waals surface area contributed by atoms with E-state index in [4.69, 9.17) is 0 Å². The highest BCUT2D eigenvalue weighted by Crippen LogP contribution is 2.28. The van der Waals surface area contributed by atoms with E-state index in [0.717, 1.165) is 26.9 Å². The van der Waals surface area contributed by atoms with Gasteiger partial charge < -0.3 is 4.90 Å². The van der Waals surface area contributed by atoms with Crippen molar-refractivity contribution in [3.8, 4) is 10.6 Å². The van der Waals surface area contributed by atoms with Crippen LogP contribution in [0.1, 0.15) is 6.42 Å². The molecule has 0 aliphatic rings. The minimum atomic E-state index is 0.129. The second-order valence-corrected chi connectivity index (χ2v) is 6.31. The lowest BCUT2D eigenvalue weighted by atomic mass is 10.1. The summed E-state index contributed by atoms with van der Waals surface area (Å²) in [6.45, 7) is 0. The molecular formula is C13H16BN3OS2. The van der Waals surface area contributed by atoms with Gasteiger partial charge in [-0.05, 0) is 18.4 Å². The highest BCUT2D eigenvalue weighted by molar-refractivity contribution is 7.98. The summed E-state index contributed by atoms with van der Waals surface area (Å²) in [5.41, 5.74) is 1.87. The van der Waals surface area contributed by atoms with Gasteiger partial charge in [-0.3, -0.25) is 9.78 Å². The zero-order valence-electron chi connectivity index (χ0n) is 11.8. The van der Waals surface area contributed by atoms with E-state index in [1.54, 1.807) is 29.1 Å².